The summed E-state index contributed by atoms with van der Waals surface area (Å²) in [6.07, 6.45) is 4.90. The number of para-hydroxylation sites is 1. The molecule has 2 aromatic heterocycles. The number of aromatic nitrogens is 3. The molecule has 0 amide bonds. The number of nitrogens with zero attached hydrogens (tertiary/aromatic N) is 3. The van der Waals surface area contributed by atoms with E-state index in [4.69, 9.17) is 24.1 Å². The highest BCUT2D eigenvalue weighted by Gasteiger charge is 2.23. The second-order valence-electron chi connectivity index (χ2n) is 13.6. The minimum Gasteiger partial charge on any atom is -0.458 e. The van der Waals surface area contributed by atoms with Crippen molar-refractivity contribution < 1.29 is 9.15 Å². The van der Waals surface area contributed by atoms with Crippen molar-refractivity contribution in [1.29, 1.82) is 0 Å². The third-order valence-corrected chi connectivity index (χ3v) is 10.2. The molecule has 5 heteroatoms. The van der Waals surface area contributed by atoms with Gasteiger partial charge in [0, 0.05) is 38.6 Å². The molecule has 55 heavy (non-hydrogen) atoms. The number of benzene rings is 7. The van der Waals surface area contributed by atoms with Crippen molar-refractivity contribution in [3.05, 3.63) is 192 Å². The maximum absolute atomic E-state index is 6.79. The largest absolute Gasteiger partial charge is 0.458 e. The van der Waals surface area contributed by atoms with Crippen LogP contribution in [0.5, 0.6) is 5.75 Å². The summed E-state index contributed by atoms with van der Waals surface area (Å²) >= 11 is 0. The average Bonchev–Trinajstić information content (AvgIpc) is 3.66. The van der Waals surface area contributed by atoms with E-state index >= 15 is 0 Å². The molecule has 0 saturated carbocycles. The van der Waals surface area contributed by atoms with Gasteiger partial charge in [-0.2, -0.15) is 0 Å². The predicted molar refractivity (Wildman–Crippen MR) is 222 cm³/mol. The van der Waals surface area contributed by atoms with E-state index in [0.29, 0.717) is 29.7 Å². The number of ether oxygens (including phenoxy) is 1. The summed E-state index contributed by atoms with van der Waals surface area (Å²) in [6, 6.07) is 55.7. The monoisotopic (exact) mass is 707 g/mol. The quantitative estimate of drug-likeness (QED) is 0.178. The normalized spacial score (nSPS) is 13.6. The van der Waals surface area contributed by atoms with Crippen molar-refractivity contribution in [2.75, 3.05) is 0 Å². The van der Waals surface area contributed by atoms with Gasteiger partial charge in [-0.05, 0) is 63.9 Å². The molecule has 0 fully saturated rings. The van der Waals surface area contributed by atoms with Crippen LogP contribution in [0.25, 0.3) is 90.5 Å². The molecule has 0 saturated heterocycles. The lowest BCUT2D eigenvalue weighted by molar-refractivity contribution is 0.451. The Bertz CT molecular complexity index is 3040. The first kappa shape index (κ1) is 32.3. The maximum Gasteiger partial charge on any atom is 0.164 e. The van der Waals surface area contributed by atoms with Gasteiger partial charge in [0.05, 0.1) is 0 Å². The van der Waals surface area contributed by atoms with Crippen molar-refractivity contribution in [3.63, 3.8) is 0 Å². The van der Waals surface area contributed by atoms with Gasteiger partial charge in [-0.1, -0.05) is 152 Å². The molecule has 10 rings (SSSR count). The second kappa shape index (κ2) is 13.6. The molecule has 5 nitrogen and oxygen atoms in total. The Balaban J connectivity index is 1.17. The van der Waals surface area contributed by atoms with Crippen molar-refractivity contribution in [3.8, 4) is 62.2 Å². The van der Waals surface area contributed by atoms with Crippen molar-refractivity contribution in [2.24, 2.45) is 0 Å². The molecule has 1 aliphatic heterocycles. The van der Waals surface area contributed by atoms with Crippen LogP contribution in [-0.4, -0.2) is 15.0 Å². The minimum atomic E-state index is 0.569. The van der Waals surface area contributed by atoms with Crippen LogP contribution in [0, 0.1) is 0 Å². The molecule has 7 aromatic carbocycles. The Hall–Kier alpha value is -7.37. The minimum absolute atomic E-state index is 0.569. The second-order valence-corrected chi connectivity index (χ2v) is 13.6. The Morgan fingerprint density at radius 3 is 1.85 bits per heavy atom. The zero-order chi connectivity index (χ0) is 36.7. The van der Waals surface area contributed by atoms with E-state index in [1.807, 2.05) is 78.9 Å². The summed E-state index contributed by atoms with van der Waals surface area (Å²) in [6.45, 7) is 4.23. The van der Waals surface area contributed by atoms with Gasteiger partial charge in [0.2, 0.25) is 0 Å². The Morgan fingerprint density at radius 1 is 0.473 bits per heavy atom. The van der Waals surface area contributed by atoms with Gasteiger partial charge in [-0.25, -0.2) is 15.0 Å². The molecule has 3 heterocycles. The van der Waals surface area contributed by atoms with Crippen LogP contribution in [-0.2, 0) is 6.42 Å². The number of hydrogen-bond donors (Lipinski definition) is 0. The molecular formula is C50H33N3O2. The smallest absolute Gasteiger partial charge is 0.164 e. The van der Waals surface area contributed by atoms with Crippen molar-refractivity contribution in [1.82, 2.24) is 15.0 Å². The molecule has 0 spiro atoms. The molecule has 1 aliphatic rings. The molecule has 0 radical (unpaired) electrons. The summed E-state index contributed by atoms with van der Waals surface area (Å²) in [7, 11) is 0. The van der Waals surface area contributed by atoms with Gasteiger partial charge in [0.25, 0.3) is 0 Å². The SMILES string of the molecule is C=C1/C=c2/cccc/c2=C/Cc2c(cccc2-c2ccc(-c3nc(-c4ccccc4)nc(-c4ccc(-c5ccccc5)cc4)n3)c3c2oc2ccccc23)O1. The number of fused-ring (bicyclic) bond motifs is 5. The van der Waals surface area contributed by atoms with Gasteiger partial charge in [-0.3, -0.25) is 0 Å². The van der Waals surface area contributed by atoms with Crippen LogP contribution in [0.15, 0.2) is 181 Å². The molecule has 9 aromatic rings. The van der Waals surface area contributed by atoms with Gasteiger partial charge in [0.1, 0.15) is 22.7 Å². The Labute approximate surface area is 317 Å². The van der Waals surface area contributed by atoms with E-state index in [-0.39, 0.29) is 0 Å². The molecular weight excluding hydrogens is 675 g/mol. The number of rotatable bonds is 5. The van der Waals surface area contributed by atoms with Crippen LogP contribution >= 0.6 is 0 Å². The topological polar surface area (TPSA) is 61.0 Å². The van der Waals surface area contributed by atoms with Crippen LogP contribution in [0.1, 0.15) is 5.56 Å². The Morgan fingerprint density at radius 2 is 1.07 bits per heavy atom. The molecule has 0 bridgehead atoms. The van der Waals surface area contributed by atoms with E-state index in [2.05, 4.69) is 104 Å². The van der Waals surface area contributed by atoms with Crippen LogP contribution in [0.4, 0.5) is 0 Å². The zero-order valence-electron chi connectivity index (χ0n) is 29.8. The van der Waals surface area contributed by atoms with Crippen LogP contribution < -0.4 is 15.2 Å². The summed E-state index contributed by atoms with van der Waals surface area (Å²) in [5, 5.41) is 4.13. The predicted octanol–water partition coefficient (Wildman–Crippen LogP) is 10.8. The van der Waals surface area contributed by atoms with E-state index in [0.717, 1.165) is 82.6 Å². The van der Waals surface area contributed by atoms with E-state index < -0.39 is 0 Å². The van der Waals surface area contributed by atoms with E-state index in [9.17, 15) is 0 Å². The van der Waals surface area contributed by atoms with Crippen molar-refractivity contribution >= 4 is 34.1 Å². The first-order chi connectivity index (χ1) is 27.2. The van der Waals surface area contributed by atoms with Gasteiger partial charge >= 0.3 is 0 Å². The number of furan rings is 1. The summed E-state index contributed by atoms with van der Waals surface area (Å²) < 4.78 is 13.2. The van der Waals surface area contributed by atoms with Crippen LogP contribution in [0.2, 0.25) is 0 Å². The van der Waals surface area contributed by atoms with Gasteiger partial charge < -0.3 is 9.15 Å². The third-order valence-electron chi connectivity index (χ3n) is 10.2. The van der Waals surface area contributed by atoms with E-state index in [1.54, 1.807) is 0 Å². The van der Waals surface area contributed by atoms with Crippen molar-refractivity contribution in [2.45, 2.75) is 6.42 Å². The lowest BCUT2D eigenvalue weighted by Gasteiger charge is -2.16. The third kappa shape index (κ3) is 5.98. The molecule has 0 aliphatic carbocycles. The highest BCUT2D eigenvalue weighted by atomic mass is 16.5. The number of allylic oxidation sites excluding steroid dienone is 1. The van der Waals surface area contributed by atoms with Gasteiger partial charge in [-0.15, -0.1) is 0 Å². The van der Waals surface area contributed by atoms with Crippen LogP contribution in [0.3, 0.4) is 0 Å². The zero-order valence-corrected chi connectivity index (χ0v) is 29.8. The maximum atomic E-state index is 6.79. The van der Waals surface area contributed by atoms with E-state index in [1.165, 1.54) is 0 Å². The Kier molecular flexibility index (Phi) is 7.96. The number of hydrogen-bond acceptors (Lipinski definition) is 5. The summed E-state index contributed by atoms with van der Waals surface area (Å²) in [5.41, 5.74) is 9.54. The lowest BCUT2D eigenvalue weighted by atomic mass is 9.93. The lowest BCUT2D eigenvalue weighted by Crippen LogP contribution is -2.24. The summed E-state index contributed by atoms with van der Waals surface area (Å²) in [5.74, 6) is 3.12. The average molecular weight is 708 g/mol. The first-order valence-corrected chi connectivity index (χ1v) is 18.3. The fraction of sp³-hybridized carbons (Fsp3) is 0.0200. The van der Waals surface area contributed by atoms with Gasteiger partial charge in [0.15, 0.2) is 17.5 Å². The fourth-order valence-corrected chi connectivity index (χ4v) is 7.52. The molecule has 0 N–H and O–H groups in total. The fourth-order valence-electron chi connectivity index (χ4n) is 7.52. The molecule has 260 valence electrons. The molecule has 0 unspecified atom stereocenters. The first-order valence-electron chi connectivity index (χ1n) is 18.3. The molecule has 0 atom stereocenters. The summed E-state index contributed by atoms with van der Waals surface area (Å²) in [4.78, 5) is 15.3. The highest BCUT2D eigenvalue weighted by Crippen LogP contribution is 2.44. The highest BCUT2D eigenvalue weighted by molar-refractivity contribution is 6.16. The standard InChI is InChI=1S/C50H33N3O2/c1-32-31-38-18-9-8-15-34(38)27-28-40-39(20-12-22-44(40)54-32)41-29-30-43(46-42-19-10-11-21-45(42)55-47(41)46)50-52-48(36-16-6-3-7-17-36)51-49(53-50)37-25-23-35(24-26-37)33-13-4-2-5-14-33/h2-27,29-31H,1,28H2/b34-27-,38-31-.